The normalized spacial score (nSPS) is 11.4. The molecule has 2 nitrogen and oxygen atoms in total. The van der Waals surface area contributed by atoms with E-state index in [-0.39, 0.29) is 11.4 Å². The van der Waals surface area contributed by atoms with Crippen molar-refractivity contribution in [1.29, 1.82) is 0 Å². The molecule has 94 valence electrons. The lowest BCUT2D eigenvalue weighted by atomic mass is 9.87. The zero-order valence-corrected chi connectivity index (χ0v) is 13.6. The van der Waals surface area contributed by atoms with Gasteiger partial charge in [-0.15, -0.1) is 0 Å². The van der Waals surface area contributed by atoms with Crippen molar-refractivity contribution >= 4 is 37.8 Å². The van der Waals surface area contributed by atoms with Gasteiger partial charge in [-0.05, 0) is 55.0 Å². The number of carbonyl (C=O) groups excluding carboxylic acids is 1. The Labute approximate surface area is 119 Å². The fourth-order valence-electron chi connectivity index (χ4n) is 1.28. The van der Waals surface area contributed by atoms with Gasteiger partial charge in [0.1, 0.15) is 0 Å². The second-order valence-corrected chi connectivity index (χ2v) is 6.56. The maximum atomic E-state index is 11.3. The Bertz CT molecular complexity index is 411. The minimum absolute atomic E-state index is 0.0539. The van der Waals surface area contributed by atoms with Gasteiger partial charge in [0.15, 0.2) is 5.75 Å². The zero-order chi connectivity index (χ0) is 13.2. The lowest BCUT2D eigenvalue weighted by Crippen LogP contribution is -2.12. The number of halogens is 2. The Hall–Kier alpha value is -0.350. The van der Waals surface area contributed by atoms with Crippen LogP contribution in [-0.2, 0) is 10.2 Å². The second kappa shape index (κ2) is 5.53. The monoisotopic (exact) mass is 362 g/mol. The summed E-state index contributed by atoms with van der Waals surface area (Å²) in [6.45, 7) is 8.19. The number of rotatable bonds is 2. The largest absolute Gasteiger partial charge is 0.424 e. The lowest BCUT2D eigenvalue weighted by Gasteiger charge is -2.21. The molecule has 17 heavy (non-hydrogen) atoms. The van der Waals surface area contributed by atoms with Crippen LogP contribution in [0.15, 0.2) is 21.1 Å². The summed E-state index contributed by atoms with van der Waals surface area (Å²) in [5.74, 6) is 0.305. The van der Waals surface area contributed by atoms with Crippen LogP contribution in [0.4, 0.5) is 0 Å². The molecule has 0 heterocycles. The summed E-state index contributed by atoms with van der Waals surface area (Å²) in [5.41, 5.74) is 1.23. The van der Waals surface area contributed by atoms with Gasteiger partial charge in [-0.25, -0.2) is 0 Å². The van der Waals surface area contributed by atoms with Gasteiger partial charge in [-0.2, -0.15) is 0 Å². The number of carbonyl (C=O) groups is 1. The van der Waals surface area contributed by atoms with E-state index in [4.69, 9.17) is 4.74 Å². The number of esters is 1. The summed E-state index contributed by atoms with van der Waals surface area (Å²) < 4.78 is 6.84. The topological polar surface area (TPSA) is 26.3 Å². The molecule has 0 saturated heterocycles. The van der Waals surface area contributed by atoms with Crippen molar-refractivity contribution in [3.63, 3.8) is 0 Å². The van der Waals surface area contributed by atoms with Crippen LogP contribution in [0.1, 0.15) is 39.7 Å². The SMILES string of the molecule is CCC(=O)Oc1c(Br)cc(C(C)(C)C)cc1Br. The minimum atomic E-state index is -0.241. The van der Waals surface area contributed by atoms with Crippen LogP contribution >= 0.6 is 31.9 Å². The van der Waals surface area contributed by atoms with Crippen LogP contribution in [0.25, 0.3) is 0 Å². The number of ether oxygens (including phenoxy) is 1. The molecule has 0 spiro atoms. The highest BCUT2D eigenvalue weighted by Crippen LogP contribution is 2.38. The Kier molecular flexibility index (Phi) is 4.78. The van der Waals surface area contributed by atoms with E-state index in [1.165, 1.54) is 5.56 Å². The van der Waals surface area contributed by atoms with Gasteiger partial charge in [-0.3, -0.25) is 4.79 Å². The van der Waals surface area contributed by atoms with Gasteiger partial charge in [0, 0.05) is 6.42 Å². The molecule has 0 N–H and O–H groups in total. The summed E-state index contributed by atoms with van der Waals surface area (Å²) in [4.78, 5) is 11.3. The Morgan fingerprint density at radius 2 is 1.71 bits per heavy atom. The standard InChI is InChI=1S/C13H16Br2O2/c1-5-11(16)17-12-9(14)6-8(7-10(12)15)13(2,3)4/h6-7H,5H2,1-4H3. The van der Waals surface area contributed by atoms with E-state index in [0.717, 1.165) is 8.95 Å². The van der Waals surface area contributed by atoms with E-state index in [1.54, 1.807) is 6.92 Å². The average Bonchev–Trinajstić information content (AvgIpc) is 2.21. The maximum Gasteiger partial charge on any atom is 0.310 e. The molecule has 0 aliphatic heterocycles. The highest BCUT2D eigenvalue weighted by molar-refractivity contribution is 9.11. The van der Waals surface area contributed by atoms with Gasteiger partial charge >= 0.3 is 5.97 Å². The molecule has 4 heteroatoms. The highest BCUT2D eigenvalue weighted by Gasteiger charge is 2.19. The van der Waals surface area contributed by atoms with Crippen LogP contribution in [0.2, 0.25) is 0 Å². The number of hydrogen-bond donors (Lipinski definition) is 0. The molecule has 0 amide bonds. The van der Waals surface area contributed by atoms with E-state index >= 15 is 0 Å². The lowest BCUT2D eigenvalue weighted by molar-refractivity contribution is -0.134. The van der Waals surface area contributed by atoms with Crippen molar-refractivity contribution in [2.24, 2.45) is 0 Å². The van der Waals surface area contributed by atoms with E-state index < -0.39 is 0 Å². The Balaban J connectivity index is 3.15. The van der Waals surface area contributed by atoms with Gasteiger partial charge < -0.3 is 4.74 Å². The number of benzene rings is 1. The Morgan fingerprint density at radius 1 is 1.24 bits per heavy atom. The predicted octanol–water partition coefficient (Wildman–Crippen LogP) is 4.82. The van der Waals surface area contributed by atoms with E-state index in [2.05, 4.69) is 52.6 Å². The van der Waals surface area contributed by atoms with Gasteiger partial charge in [0.25, 0.3) is 0 Å². The molecular weight excluding hydrogens is 348 g/mol. The molecule has 0 radical (unpaired) electrons. The molecule has 0 saturated carbocycles. The molecule has 1 aromatic carbocycles. The quantitative estimate of drug-likeness (QED) is 0.556. The third-order valence-electron chi connectivity index (χ3n) is 2.37. The summed E-state index contributed by atoms with van der Waals surface area (Å²) in [7, 11) is 0. The third-order valence-corrected chi connectivity index (χ3v) is 3.55. The van der Waals surface area contributed by atoms with E-state index in [9.17, 15) is 4.79 Å². The molecule has 0 aliphatic carbocycles. The first-order chi connectivity index (χ1) is 7.75. The molecule has 0 unspecified atom stereocenters. The molecule has 0 atom stereocenters. The second-order valence-electron chi connectivity index (χ2n) is 4.85. The molecule has 1 rings (SSSR count). The van der Waals surface area contributed by atoms with Crippen LogP contribution in [0.3, 0.4) is 0 Å². The highest BCUT2D eigenvalue weighted by atomic mass is 79.9. The third kappa shape index (κ3) is 3.81. The smallest absolute Gasteiger partial charge is 0.310 e. The first kappa shape index (κ1) is 14.7. The van der Waals surface area contributed by atoms with Crippen molar-refractivity contribution in [2.75, 3.05) is 0 Å². The minimum Gasteiger partial charge on any atom is -0.424 e. The fraction of sp³-hybridized carbons (Fsp3) is 0.462. The van der Waals surface area contributed by atoms with Crippen molar-refractivity contribution < 1.29 is 9.53 Å². The molecular formula is C13H16Br2O2. The summed E-state index contributed by atoms with van der Waals surface area (Å²) in [5, 5.41) is 0. The fourth-order valence-corrected chi connectivity index (χ4v) is 2.62. The maximum absolute atomic E-state index is 11.3. The van der Waals surface area contributed by atoms with Crippen LogP contribution < -0.4 is 4.74 Å². The van der Waals surface area contributed by atoms with Gasteiger partial charge in [0.2, 0.25) is 0 Å². The van der Waals surface area contributed by atoms with E-state index in [1.807, 2.05) is 12.1 Å². The van der Waals surface area contributed by atoms with Gasteiger partial charge in [0.05, 0.1) is 8.95 Å². The summed E-state index contributed by atoms with van der Waals surface area (Å²) >= 11 is 6.88. The predicted molar refractivity (Wildman–Crippen MR) is 76.5 cm³/mol. The molecule has 0 fully saturated rings. The van der Waals surface area contributed by atoms with Crippen molar-refractivity contribution in [1.82, 2.24) is 0 Å². The van der Waals surface area contributed by atoms with Crippen LogP contribution in [0.5, 0.6) is 5.75 Å². The van der Waals surface area contributed by atoms with Crippen LogP contribution in [-0.4, -0.2) is 5.97 Å². The molecule has 0 bridgehead atoms. The average molecular weight is 364 g/mol. The van der Waals surface area contributed by atoms with Crippen molar-refractivity contribution in [3.05, 3.63) is 26.6 Å². The summed E-state index contributed by atoms with van der Waals surface area (Å²) in [6, 6.07) is 3.98. The molecule has 0 aromatic heterocycles. The van der Waals surface area contributed by atoms with Crippen LogP contribution in [0, 0.1) is 0 Å². The Morgan fingerprint density at radius 3 is 2.06 bits per heavy atom. The van der Waals surface area contributed by atoms with E-state index in [0.29, 0.717) is 12.2 Å². The summed E-state index contributed by atoms with van der Waals surface area (Å²) in [6.07, 6.45) is 0.361. The van der Waals surface area contributed by atoms with Crippen molar-refractivity contribution in [3.8, 4) is 5.75 Å². The zero-order valence-electron chi connectivity index (χ0n) is 10.4. The van der Waals surface area contributed by atoms with Crippen molar-refractivity contribution in [2.45, 2.75) is 39.5 Å². The van der Waals surface area contributed by atoms with Gasteiger partial charge in [-0.1, -0.05) is 27.7 Å². The number of hydrogen-bond acceptors (Lipinski definition) is 2. The first-order valence-electron chi connectivity index (χ1n) is 5.46. The molecule has 0 aliphatic rings. The first-order valence-corrected chi connectivity index (χ1v) is 7.04. The molecule has 1 aromatic rings.